The highest BCUT2D eigenvalue weighted by molar-refractivity contribution is 5.78. The summed E-state index contributed by atoms with van der Waals surface area (Å²) in [6.45, 7) is 3.18. The molecule has 2 saturated heterocycles. The number of carbonyl (C=O) groups is 2. The first-order valence-corrected chi connectivity index (χ1v) is 10.8. The van der Waals surface area contributed by atoms with E-state index in [0.29, 0.717) is 26.1 Å². The van der Waals surface area contributed by atoms with Gasteiger partial charge in [-0.25, -0.2) is 9.97 Å². The van der Waals surface area contributed by atoms with Gasteiger partial charge in [0.2, 0.25) is 17.8 Å². The van der Waals surface area contributed by atoms with E-state index in [-0.39, 0.29) is 30.3 Å². The molecule has 0 aliphatic carbocycles. The molecule has 2 N–H and O–H groups in total. The summed E-state index contributed by atoms with van der Waals surface area (Å²) in [5, 5.41) is 0. The van der Waals surface area contributed by atoms with Crippen LogP contribution in [-0.2, 0) is 14.3 Å². The Labute approximate surface area is 181 Å². The molecule has 4 heterocycles. The summed E-state index contributed by atoms with van der Waals surface area (Å²) in [7, 11) is 0. The van der Waals surface area contributed by atoms with Gasteiger partial charge >= 0.3 is 0 Å². The third kappa shape index (κ3) is 5.35. The van der Waals surface area contributed by atoms with Crippen molar-refractivity contribution >= 4 is 17.8 Å². The van der Waals surface area contributed by atoms with Gasteiger partial charge in [0.15, 0.2) is 0 Å². The standard InChI is InChI=1S/C22H28N6O3/c23-22-25-12-18(13-26-22)16-5-6-19(24-11-16)17-3-1-8-28(14-17)21(30)15-31-10-9-27-7-2-4-20(27)29/h5-6,11-13,17H,1-4,7-10,14-15H2,(H2,23,25,26)/t17-/m0/s1. The zero-order valence-electron chi connectivity index (χ0n) is 17.6. The fourth-order valence-electron chi connectivity index (χ4n) is 4.12. The predicted octanol–water partition coefficient (Wildman–Crippen LogP) is 1.47. The maximum atomic E-state index is 12.6. The van der Waals surface area contributed by atoms with Crippen molar-refractivity contribution in [2.75, 3.05) is 45.1 Å². The third-order valence-corrected chi connectivity index (χ3v) is 5.89. The van der Waals surface area contributed by atoms with E-state index >= 15 is 0 Å². The van der Waals surface area contributed by atoms with Crippen molar-refractivity contribution in [3.8, 4) is 11.1 Å². The summed E-state index contributed by atoms with van der Waals surface area (Å²) in [6, 6.07) is 4.01. The highest BCUT2D eigenvalue weighted by Gasteiger charge is 2.26. The number of carbonyl (C=O) groups excluding carboxylic acids is 2. The number of amides is 2. The molecule has 2 amide bonds. The second kappa shape index (κ2) is 9.82. The Bertz CT molecular complexity index is 902. The number of ether oxygens (including phenoxy) is 1. The number of hydrogen-bond acceptors (Lipinski definition) is 7. The number of anilines is 1. The van der Waals surface area contributed by atoms with Crippen molar-refractivity contribution in [3.05, 3.63) is 36.4 Å². The van der Waals surface area contributed by atoms with E-state index in [0.717, 1.165) is 49.2 Å². The lowest BCUT2D eigenvalue weighted by atomic mass is 9.93. The Morgan fingerprint density at radius 2 is 1.90 bits per heavy atom. The van der Waals surface area contributed by atoms with E-state index in [1.807, 2.05) is 23.2 Å². The molecule has 0 aromatic carbocycles. The zero-order valence-corrected chi connectivity index (χ0v) is 17.6. The predicted molar refractivity (Wildman–Crippen MR) is 115 cm³/mol. The minimum absolute atomic E-state index is 0.00640. The first-order chi connectivity index (χ1) is 15.1. The average Bonchev–Trinajstić information content (AvgIpc) is 3.22. The first kappa shape index (κ1) is 21.2. The van der Waals surface area contributed by atoms with Gasteiger partial charge in [-0.2, -0.15) is 0 Å². The molecule has 1 atom stereocenters. The Balaban J connectivity index is 1.27. The molecule has 4 rings (SSSR count). The number of hydrogen-bond donors (Lipinski definition) is 1. The smallest absolute Gasteiger partial charge is 0.248 e. The molecule has 9 nitrogen and oxygen atoms in total. The Morgan fingerprint density at radius 3 is 2.61 bits per heavy atom. The van der Waals surface area contributed by atoms with Crippen molar-refractivity contribution in [1.29, 1.82) is 0 Å². The van der Waals surface area contributed by atoms with Gasteiger partial charge in [-0.15, -0.1) is 0 Å². The monoisotopic (exact) mass is 424 g/mol. The Morgan fingerprint density at radius 1 is 1.10 bits per heavy atom. The van der Waals surface area contributed by atoms with Crippen LogP contribution in [0.1, 0.15) is 37.3 Å². The molecule has 0 saturated carbocycles. The van der Waals surface area contributed by atoms with Gasteiger partial charge in [-0.3, -0.25) is 14.6 Å². The average molecular weight is 425 g/mol. The lowest BCUT2D eigenvalue weighted by Gasteiger charge is -2.32. The van der Waals surface area contributed by atoms with E-state index in [1.54, 1.807) is 17.3 Å². The fourth-order valence-corrected chi connectivity index (χ4v) is 4.12. The maximum Gasteiger partial charge on any atom is 0.248 e. The third-order valence-electron chi connectivity index (χ3n) is 5.89. The first-order valence-electron chi connectivity index (χ1n) is 10.8. The highest BCUT2D eigenvalue weighted by atomic mass is 16.5. The van der Waals surface area contributed by atoms with Crippen LogP contribution in [0.4, 0.5) is 5.95 Å². The van der Waals surface area contributed by atoms with Crippen LogP contribution in [0.3, 0.4) is 0 Å². The van der Waals surface area contributed by atoms with Gasteiger partial charge in [0, 0.05) is 73.9 Å². The van der Waals surface area contributed by atoms with Crippen molar-refractivity contribution < 1.29 is 14.3 Å². The number of nitrogen functional groups attached to an aromatic ring is 1. The normalized spacial score (nSPS) is 19.1. The number of rotatable bonds is 7. The molecule has 2 aliphatic rings. The van der Waals surface area contributed by atoms with Crippen LogP contribution in [0, 0.1) is 0 Å². The van der Waals surface area contributed by atoms with Crippen LogP contribution in [-0.4, -0.2) is 76.0 Å². The number of aromatic nitrogens is 3. The second-order valence-corrected chi connectivity index (χ2v) is 8.02. The number of nitrogens with two attached hydrogens (primary N) is 1. The van der Waals surface area contributed by atoms with Gasteiger partial charge in [0.25, 0.3) is 0 Å². The SMILES string of the molecule is Nc1ncc(-c2ccc([C@H]3CCCN(C(=O)COCCN4CCCC4=O)C3)nc2)cn1. The quantitative estimate of drug-likeness (QED) is 0.669. The van der Waals surface area contributed by atoms with E-state index in [4.69, 9.17) is 10.5 Å². The van der Waals surface area contributed by atoms with E-state index in [1.165, 1.54) is 0 Å². The van der Waals surface area contributed by atoms with E-state index in [2.05, 4.69) is 15.0 Å². The maximum absolute atomic E-state index is 12.6. The molecule has 0 spiro atoms. The van der Waals surface area contributed by atoms with Gasteiger partial charge in [-0.05, 0) is 25.3 Å². The fraction of sp³-hybridized carbons (Fsp3) is 0.500. The zero-order chi connectivity index (χ0) is 21.6. The van der Waals surface area contributed by atoms with Crippen molar-refractivity contribution in [3.63, 3.8) is 0 Å². The summed E-state index contributed by atoms with van der Waals surface area (Å²) in [6.07, 6.45) is 8.65. The number of likely N-dealkylation sites (tertiary alicyclic amines) is 2. The molecule has 2 aromatic heterocycles. The summed E-state index contributed by atoms with van der Waals surface area (Å²) in [5.74, 6) is 0.620. The molecule has 164 valence electrons. The summed E-state index contributed by atoms with van der Waals surface area (Å²) in [5.41, 5.74) is 8.31. The van der Waals surface area contributed by atoms with Crippen LogP contribution in [0.15, 0.2) is 30.7 Å². The van der Waals surface area contributed by atoms with Crippen LogP contribution in [0.25, 0.3) is 11.1 Å². The van der Waals surface area contributed by atoms with Crippen molar-refractivity contribution in [2.24, 2.45) is 0 Å². The molecule has 0 bridgehead atoms. The topological polar surface area (TPSA) is 115 Å². The van der Waals surface area contributed by atoms with Crippen molar-refractivity contribution in [1.82, 2.24) is 24.8 Å². The lowest BCUT2D eigenvalue weighted by molar-refractivity contribution is -0.137. The van der Waals surface area contributed by atoms with E-state index in [9.17, 15) is 9.59 Å². The number of pyridine rings is 1. The molecule has 9 heteroatoms. The van der Waals surface area contributed by atoms with Gasteiger partial charge < -0.3 is 20.3 Å². The molecular weight excluding hydrogens is 396 g/mol. The van der Waals surface area contributed by atoms with Gasteiger partial charge in [-0.1, -0.05) is 6.07 Å². The number of nitrogens with zero attached hydrogens (tertiary/aromatic N) is 5. The Hall–Kier alpha value is -3.07. The second-order valence-electron chi connectivity index (χ2n) is 8.02. The molecular formula is C22H28N6O3. The molecule has 31 heavy (non-hydrogen) atoms. The minimum Gasteiger partial charge on any atom is -0.370 e. The van der Waals surface area contributed by atoms with E-state index < -0.39 is 0 Å². The number of piperidine rings is 1. The van der Waals surface area contributed by atoms with Crippen LogP contribution in [0.2, 0.25) is 0 Å². The largest absolute Gasteiger partial charge is 0.370 e. The lowest BCUT2D eigenvalue weighted by Crippen LogP contribution is -2.41. The molecule has 2 aliphatic heterocycles. The molecule has 2 aromatic rings. The Kier molecular flexibility index (Phi) is 6.71. The van der Waals surface area contributed by atoms with Crippen LogP contribution >= 0.6 is 0 Å². The molecule has 2 fully saturated rings. The molecule has 0 unspecified atom stereocenters. The summed E-state index contributed by atoms with van der Waals surface area (Å²) >= 11 is 0. The van der Waals surface area contributed by atoms with Crippen LogP contribution in [0.5, 0.6) is 0 Å². The summed E-state index contributed by atoms with van der Waals surface area (Å²) in [4.78, 5) is 40.5. The minimum atomic E-state index is -0.00640. The summed E-state index contributed by atoms with van der Waals surface area (Å²) < 4.78 is 5.55. The van der Waals surface area contributed by atoms with Crippen LogP contribution < -0.4 is 5.73 Å². The van der Waals surface area contributed by atoms with Gasteiger partial charge in [0.1, 0.15) is 6.61 Å². The molecule has 0 radical (unpaired) electrons. The highest BCUT2D eigenvalue weighted by Crippen LogP contribution is 2.27. The van der Waals surface area contributed by atoms with Crippen molar-refractivity contribution in [2.45, 2.75) is 31.6 Å². The van der Waals surface area contributed by atoms with Gasteiger partial charge in [0.05, 0.1) is 6.61 Å².